The van der Waals surface area contributed by atoms with Crippen molar-refractivity contribution >= 4 is 17.6 Å². The van der Waals surface area contributed by atoms with E-state index in [-0.39, 0.29) is 17.8 Å². The Morgan fingerprint density at radius 3 is 2.48 bits per heavy atom. The predicted octanol–water partition coefficient (Wildman–Crippen LogP) is 3.56. The van der Waals surface area contributed by atoms with E-state index in [1.54, 1.807) is 26.1 Å². The number of carbonyl (C=O) groups excluding carboxylic acids is 1. The number of amides is 1. The van der Waals surface area contributed by atoms with Crippen molar-refractivity contribution in [3.05, 3.63) is 65.0 Å². The Kier molecular flexibility index (Phi) is 7.34. The van der Waals surface area contributed by atoms with E-state index in [0.717, 1.165) is 23.2 Å². The van der Waals surface area contributed by atoms with E-state index in [4.69, 9.17) is 0 Å². The molecule has 0 aliphatic rings. The highest BCUT2D eigenvalue weighted by molar-refractivity contribution is 5.88. The number of halogens is 1. The van der Waals surface area contributed by atoms with Gasteiger partial charge in [0.1, 0.15) is 5.82 Å². The fourth-order valence-corrected chi connectivity index (χ4v) is 2.64. The van der Waals surface area contributed by atoms with Crippen molar-refractivity contribution in [1.82, 2.24) is 10.6 Å². The number of aliphatic imine (C=N–C) groups is 1. The summed E-state index contributed by atoms with van der Waals surface area (Å²) in [6.07, 6.45) is 0.814. The topological polar surface area (TPSA) is 65.5 Å². The van der Waals surface area contributed by atoms with E-state index in [1.165, 1.54) is 6.92 Å². The zero-order valence-corrected chi connectivity index (χ0v) is 16.3. The molecule has 0 aliphatic heterocycles. The number of aryl methyl sites for hydroxylation is 1. The fraction of sp³-hybridized carbons (Fsp3) is 0.333. The van der Waals surface area contributed by atoms with E-state index >= 15 is 0 Å². The number of rotatable bonds is 6. The molecule has 0 saturated heterocycles. The van der Waals surface area contributed by atoms with Crippen LogP contribution in [0.5, 0.6) is 0 Å². The standard InChI is InChI=1S/C21H27FN4O/c1-14-5-8-18(13-20(14)22)15(2)25-21(23-4)24-12-11-17-6-9-19(10-7-17)26-16(3)27/h5-10,13,15H,11-12H2,1-4H3,(H,26,27)(H2,23,24,25). The first-order valence-corrected chi connectivity index (χ1v) is 8.99. The average molecular weight is 370 g/mol. The van der Waals surface area contributed by atoms with Gasteiger partial charge in [-0.1, -0.05) is 24.3 Å². The zero-order chi connectivity index (χ0) is 19.8. The highest BCUT2D eigenvalue weighted by Gasteiger charge is 2.09. The van der Waals surface area contributed by atoms with Crippen molar-refractivity contribution in [1.29, 1.82) is 0 Å². The minimum Gasteiger partial charge on any atom is -0.356 e. The zero-order valence-electron chi connectivity index (χ0n) is 16.3. The monoisotopic (exact) mass is 370 g/mol. The van der Waals surface area contributed by atoms with Gasteiger partial charge < -0.3 is 16.0 Å². The summed E-state index contributed by atoms with van der Waals surface area (Å²) in [5.74, 6) is 0.382. The summed E-state index contributed by atoms with van der Waals surface area (Å²) in [6, 6.07) is 12.9. The molecule has 1 unspecified atom stereocenters. The Hall–Kier alpha value is -2.89. The first-order valence-electron chi connectivity index (χ1n) is 8.99. The van der Waals surface area contributed by atoms with Gasteiger partial charge in [0.25, 0.3) is 0 Å². The van der Waals surface area contributed by atoms with E-state index in [9.17, 15) is 9.18 Å². The van der Waals surface area contributed by atoms with Crippen LogP contribution in [0, 0.1) is 12.7 Å². The van der Waals surface area contributed by atoms with Gasteiger partial charge in [0, 0.05) is 26.2 Å². The lowest BCUT2D eigenvalue weighted by Crippen LogP contribution is -2.39. The molecule has 2 rings (SSSR count). The molecule has 0 bridgehead atoms. The second kappa shape index (κ2) is 9.71. The molecule has 0 spiro atoms. The molecule has 3 N–H and O–H groups in total. The summed E-state index contributed by atoms with van der Waals surface area (Å²) in [4.78, 5) is 15.3. The number of nitrogens with one attached hydrogen (secondary N) is 3. The lowest BCUT2D eigenvalue weighted by atomic mass is 10.1. The molecule has 0 saturated carbocycles. The smallest absolute Gasteiger partial charge is 0.221 e. The van der Waals surface area contributed by atoms with Crippen LogP contribution in [0.2, 0.25) is 0 Å². The molecule has 144 valence electrons. The number of benzene rings is 2. The van der Waals surface area contributed by atoms with Crippen LogP contribution in [0.3, 0.4) is 0 Å². The molecule has 0 aliphatic carbocycles. The molecule has 1 amide bonds. The van der Waals surface area contributed by atoms with Gasteiger partial charge in [-0.3, -0.25) is 9.79 Å². The van der Waals surface area contributed by atoms with E-state index in [1.807, 2.05) is 37.3 Å². The Balaban J connectivity index is 1.84. The molecule has 27 heavy (non-hydrogen) atoms. The Labute approximate surface area is 160 Å². The van der Waals surface area contributed by atoms with Crippen LogP contribution in [0.25, 0.3) is 0 Å². The first kappa shape index (κ1) is 20.4. The number of guanidine groups is 1. The number of hydrogen-bond acceptors (Lipinski definition) is 2. The minimum atomic E-state index is -0.202. The minimum absolute atomic E-state index is 0.0664. The van der Waals surface area contributed by atoms with E-state index < -0.39 is 0 Å². The highest BCUT2D eigenvalue weighted by atomic mass is 19.1. The van der Waals surface area contributed by atoms with Gasteiger partial charge in [0.2, 0.25) is 5.91 Å². The predicted molar refractivity (Wildman–Crippen MR) is 108 cm³/mol. The molecule has 0 fully saturated rings. The summed E-state index contributed by atoms with van der Waals surface area (Å²) in [6.45, 7) is 5.91. The first-order chi connectivity index (χ1) is 12.9. The summed E-state index contributed by atoms with van der Waals surface area (Å²) in [7, 11) is 1.71. The summed E-state index contributed by atoms with van der Waals surface area (Å²) in [5, 5.41) is 9.29. The van der Waals surface area contributed by atoms with Gasteiger partial charge in [-0.25, -0.2) is 4.39 Å². The molecule has 0 radical (unpaired) electrons. The second-order valence-corrected chi connectivity index (χ2v) is 6.50. The molecule has 0 heterocycles. The Morgan fingerprint density at radius 1 is 1.19 bits per heavy atom. The lowest BCUT2D eigenvalue weighted by molar-refractivity contribution is -0.114. The van der Waals surface area contributed by atoms with Crippen LogP contribution < -0.4 is 16.0 Å². The molecule has 5 nitrogen and oxygen atoms in total. The fourth-order valence-electron chi connectivity index (χ4n) is 2.64. The van der Waals surface area contributed by atoms with Crippen molar-refractivity contribution in [3.8, 4) is 0 Å². The van der Waals surface area contributed by atoms with Crippen LogP contribution in [0.4, 0.5) is 10.1 Å². The quantitative estimate of drug-likeness (QED) is 0.538. The summed E-state index contributed by atoms with van der Waals surface area (Å²) >= 11 is 0. The van der Waals surface area contributed by atoms with Gasteiger partial charge in [-0.05, 0) is 55.2 Å². The molecule has 1 atom stereocenters. The third-order valence-corrected chi connectivity index (χ3v) is 4.25. The Bertz CT molecular complexity index is 802. The van der Waals surface area contributed by atoms with Crippen LogP contribution in [-0.4, -0.2) is 25.5 Å². The maximum Gasteiger partial charge on any atom is 0.221 e. The largest absolute Gasteiger partial charge is 0.356 e. The van der Waals surface area contributed by atoms with Crippen molar-refractivity contribution in [2.24, 2.45) is 4.99 Å². The Morgan fingerprint density at radius 2 is 1.89 bits per heavy atom. The molecule has 2 aromatic carbocycles. The van der Waals surface area contributed by atoms with Crippen LogP contribution in [0.1, 0.15) is 36.6 Å². The molecular formula is C21H27FN4O. The van der Waals surface area contributed by atoms with Crippen molar-refractivity contribution in [2.45, 2.75) is 33.2 Å². The van der Waals surface area contributed by atoms with E-state index in [0.29, 0.717) is 18.1 Å². The van der Waals surface area contributed by atoms with Crippen LogP contribution in [0.15, 0.2) is 47.5 Å². The van der Waals surface area contributed by atoms with Crippen molar-refractivity contribution in [2.75, 3.05) is 18.9 Å². The number of anilines is 1. The van der Waals surface area contributed by atoms with Gasteiger partial charge >= 0.3 is 0 Å². The third kappa shape index (κ3) is 6.40. The number of carbonyl (C=O) groups is 1. The lowest BCUT2D eigenvalue weighted by Gasteiger charge is -2.18. The SMILES string of the molecule is CN=C(NCCc1ccc(NC(C)=O)cc1)NC(C)c1ccc(C)c(F)c1. The third-order valence-electron chi connectivity index (χ3n) is 4.25. The maximum absolute atomic E-state index is 13.8. The normalized spacial score (nSPS) is 12.4. The number of nitrogens with zero attached hydrogens (tertiary/aromatic N) is 1. The van der Waals surface area contributed by atoms with Gasteiger partial charge in [-0.15, -0.1) is 0 Å². The van der Waals surface area contributed by atoms with Crippen LogP contribution >= 0.6 is 0 Å². The van der Waals surface area contributed by atoms with Gasteiger partial charge in [0.15, 0.2) is 5.96 Å². The van der Waals surface area contributed by atoms with Crippen LogP contribution in [-0.2, 0) is 11.2 Å². The number of hydrogen-bond donors (Lipinski definition) is 3. The maximum atomic E-state index is 13.8. The highest BCUT2D eigenvalue weighted by Crippen LogP contribution is 2.16. The molecule has 6 heteroatoms. The molecule has 0 aromatic heterocycles. The molecular weight excluding hydrogens is 343 g/mol. The van der Waals surface area contributed by atoms with E-state index in [2.05, 4.69) is 20.9 Å². The van der Waals surface area contributed by atoms with Crippen molar-refractivity contribution in [3.63, 3.8) is 0 Å². The van der Waals surface area contributed by atoms with Crippen molar-refractivity contribution < 1.29 is 9.18 Å². The molecule has 2 aromatic rings. The van der Waals surface area contributed by atoms with Gasteiger partial charge in [-0.2, -0.15) is 0 Å². The van der Waals surface area contributed by atoms with Gasteiger partial charge in [0.05, 0.1) is 6.04 Å². The average Bonchev–Trinajstić information content (AvgIpc) is 2.64. The summed E-state index contributed by atoms with van der Waals surface area (Å²) in [5.41, 5.74) is 3.45. The second-order valence-electron chi connectivity index (χ2n) is 6.50. The summed E-state index contributed by atoms with van der Waals surface area (Å²) < 4.78 is 13.8.